The van der Waals surface area contributed by atoms with Crippen molar-refractivity contribution >= 4 is 23.4 Å². The summed E-state index contributed by atoms with van der Waals surface area (Å²) < 4.78 is 5.10. The van der Waals surface area contributed by atoms with Crippen LogP contribution in [0.15, 0.2) is 54.6 Å². The Labute approximate surface area is 170 Å². The van der Waals surface area contributed by atoms with Gasteiger partial charge in [0, 0.05) is 36.1 Å². The van der Waals surface area contributed by atoms with E-state index in [0.717, 1.165) is 17.1 Å². The van der Waals surface area contributed by atoms with Crippen LogP contribution in [0, 0.1) is 13.8 Å². The Balaban J connectivity index is 1.51. The number of nitrogens with zero attached hydrogens (tertiary/aromatic N) is 2. The number of carbonyl (C=O) groups excluding carboxylic acids is 1. The number of nitrogens with one attached hydrogen (secondary N) is 3. The van der Waals surface area contributed by atoms with Gasteiger partial charge in [0.05, 0.1) is 7.11 Å². The molecule has 1 amide bonds. The lowest BCUT2D eigenvalue weighted by Gasteiger charge is -2.11. The van der Waals surface area contributed by atoms with E-state index in [-0.39, 0.29) is 5.91 Å². The smallest absolute Gasteiger partial charge is 0.251 e. The molecule has 1 heterocycles. The summed E-state index contributed by atoms with van der Waals surface area (Å²) in [5.41, 5.74) is 3.60. The fourth-order valence-electron chi connectivity index (χ4n) is 2.69. The molecule has 0 saturated heterocycles. The summed E-state index contributed by atoms with van der Waals surface area (Å²) in [6.07, 6.45) is 0. The fourth-order valence-corrected chi connectivity index (χ4v) is 2.69. The Morgan fingerprint density at radius 2 is 1.69 bits per heavy atom. The van der Waals surface area contributed by atoms with Crippen molar-refractivity contribution in [1.29, 1.82) is 0 Å². The second kappa shape index (κ2) is 9.54. The van der Waals surface area contributed by atoms with Crippen LogP contribution >= 0.6 is 0 Å². The molecule has 1 aromatic heterocycles. The maximum Gasteiger partial charge on any atom is 0.251 e. The standard InChI is InChI=1S/C22H25N5O2/c1-15-4-8-18(9-5-15)26-20-14-16(2)25-22(27-20)24-13-12-23-21(28)17-6-10-19(29-3)11-7-17/h4-11,14H,12-13H2,1-3H3,(H,23,28)(H2,24,25,26,27). The lowest BCUT2D eigenvalue weighted by molar-refractivity contribution is 0.0955. The number of amides is 1. The number of aromatic nitrogens is 2. The molecule has 150 valence electrons. The first-order valence-corrected chi connectivity index (χ1v) is 9.39. The van der Waals surface area contributed by atoms with Gasteiger partial charge in [-0.3, -0.25) is 4.79 Å². The molecule has 0 aliphatic rings. The van der Waals surface area contributed by atoms with Gasteiger partial charge in [-0.05, 0) is 50.2 Å². The van der Waals surface area contributed by atoms with Crippen molar-refractivity contribution in [2.45, 2.75) is 13.8 Å². The van der Waals surface area contributed by atoms with E-state index >= 15 is 0 Å². The topological polar surface area (TPSA) is 88.2 Å². The second-order valence-electron chi connectivity index (χ2n) is 6.62. The monoisotopic (exact) mass is 391 g/mol. The zero-order chi connectivity index (χ0) is 20.6. The number of hydrogen-bond acceptors (Lipinski definition) is 6. The molecule has 2 aromatic carbocycles. The third-order valence-electron chi connectivity index (χ3n) is 4.22. The van der Waals surface area contributed by atoms with Gasteiger partial charge >= 0.3 is 0 Å². The molecule has 3 aromatic rings. The van der Waals surface area contributed by atoms with Crippen molar-refractivity contribution in [3.8, 4) is 5.75 Å². The Morgan fingerprint density at radius 1 is 0.966 bits per heavy atom. The normalized spacial score (nSPS) is 10.3. The van der Waals surface area contributed by atoms with E-state index < -0.39 is 0 Å². The molecular weight excluding hydrogens is 366 g/mol. The van der Waals surface area contributed by atoms with Crippen LogP contribution in [0.2, 0.25) is 0 Å². The highest BCUT2D eigenvalue weighted by Gasteiger charge is 2.06. The van der Waals surface area contributed by atoms with Crippen LogP contribution in [0.1, 0.15) is 21.6 Å². The van der Waals surface area contributed by atoms with Crippen LogP contribution in [0.3, 0.4) is 0 Å². The van der Waals surface area contributed by atoms with Crippen molar-refractivity contribution in [1.82, 2.24) is 15.3 Å². The van der Waals surface area contributed by atoms with E-state index in [9.17, 15) is 4.79 Å². The molecule has 7 heteroatoms. The molecule has 0 radical (unpaired) electrons. The lowest BCUT2D eigenvalue weighted by atomic mass is 10.2. The summed E-state index contributed by atoms with van der Waals surface area (Å²) in [5, 5.41) is 9.30. The van der Waals surface area contributed by atoms with E-state index in [1.54, 1.807) is 31.4 Å². The number of methoxy groups -OCH3 is 1. The zero-order valence-electron chi connectivity index (χ0n) is 16.8. The molecular formula is C22H25N5O2. The molecule has 0 fully saturated rings. The molecule has 0 atom stereocenters. The Morgan fingerprint density at radius 3 is 2.38 bits per heavy atom. The van der Waals surface area contributed by atoms with Gasteiger partial charge in [0.15, 0.2) is 0 Å². The Bertz CT molecular complexity index is 956. The van der Waals surface area contributed by atoms with E-state index in [4.69, 9.17) is 4.74 Å². The first-order chi connectivity index (χ1) is 14.0. The van der Waals surface area contributed by atoms with Crippen LogP contribution in [0.25, 0.3) is 0 Å². The van der Waals surface area contributed by atoms with Gasteiger partial charge in [-0.25, -0.2) is 4.98 Å². The number of hydrogen-bond donors (Lipinski definition) is 3. The zero-order valence-corrected chi connectivity index (χ0v) is 16.8. The van der Waals surface area contributed by atoms with E-state index in [1.807, 2.05) is 44.2 Å². The molecule has 3 N–H and O–H groups in total. The molecule has 7 nitrogen and oxygen atoms in total. The van der Waals surface area contributed by atoms with Crippen molar-refractivity contribution in [3.63, 3.8) is 0 Å². The molecule has 0 aliphatic carbocycles. The number of carbonyl (C=O) groups is 1. The van der Waals surface area contributed by atoms with Crippen LogP contribution in [0.4, 0.5) is 17.5 Å². The third-order valence-corrected chi connectivity index (χ3v) is 4.22. The summed E-state index contributed by atoms with van der Waals surface area (Å²) in [5.74, 6) is 1.81. The van der Waals surface area contributed by atoms with Gasteiger partial charge in [0.1, 0.15) is 11.6 Å². The number of anilines is 3. The van der Waals surface area contributed by atoms with E-state index in [1.165, 1.54) is 5.56 Å². The fraction of sp³-hybridized carbons (Fsp3) is 0.227. The maximum atomic E-state index is 12.2. The summed E-state index contributed by atoms with van der Waals surface area (Å²) in [6, 6.07) is 17.0. The van der Waals surface area contributed by atoms with Crippen molar-refractivity contribution in [2.75, 3.05) is 30.8 Å². The van der Waals surface area contributed by atoms with Gasteiger partial charge in [0.25, 0.3) is 5.91 Å². The van der Waals surface area contributed by atoms with Crippen molar-refractivity contribution in [3.05, 3.63) is 71.4 Å². The van der Waals surface area contributed by atoms with Gasteiger partial charge in [-0.2, -0.15) is 4.98 Å². The van der Waals surface area contributed by atoms with Crippen LogP contribution < -0.4 is 20.7 Å². The average molecular weight is 391 g/mol. The minimum absolute atomic E-state index is 0.138. The van der Waals surface area contributed by atoms with Gasteiger partial charge < -0.3 is 20.7 Å². The largest absolute Gasteiger partial charge is 0.497 e. The number of rotatable bonds is 8. The third kappa shape index (κ3) is 5.93. The molecule has 0 saturated carbocycles. The minimum atomic E-state index is -0.138. The number of benzene rings is 2. The van der Waals surface area contributed by atoms with Crippen LogP contribution in [-0.4, -0.2) is 36.1 Å². The highest BCUT2D eigenvalue weighted by molar-refractivity contribution is 5.94. The average Bonchev–Trinajstić information content (AvgIpc) is 2.72. The molecule has 0 unspecified atom stereocenters. The quantitative estimate of drug-likeness (QED) is 0.508. The minimum Gasteiger partial charge on any atom is -0.497 e. The first-order valence-electron chi connectivity index (χ1n) is 9.39. The Hall–Kier alpha value is -3.61. The molecule has 0 aliphatic heterocycles. The highest BCUT2D eigenvalue weighted by atomic mass is 16.5. The predicted molar refractivity (Wildman–Crippen MR) is 115 cm³/mol. The van der Waals surface area contributed by atoms with Gasteiger partial charge in [-0.1, -0.05) is 17.7 Å². The molecule has 29 heavy (non-hydrogen) atoms. The Kier molecular flexibility index (Phi) is 6.63. The summed E-state index contributed by atoms with van der Waals surface area (Å²) >= 11 is 0. The van der Waals surface area contributed by atoms with E-state index in [2.05, 4.69) is 25.9 Å². The van der Waals surface area contributed by atoms with Crippen LogP contribution in [-0.2, 0) is 0 Å². The van der Waals surface area contributed by atoms with Gasteiger partial charge in [-0.15, -0.1) is 0 Å². The van der Waals surface area contributed by atoms with Crippen molar-refractivity contribution < 1.29 is 9.53 Å². The van der Waals surface area contributed by atoms with Crippen LogP contribution in [0.5, 0.6) is 5.75 Å². The molecule has 0 spiro atoms. The summed E-state index contributed by atoms with van der Waals surface area (Å²) in [4.78, 5) is 21.1. The second-order valence-corrected chi connectivity index (χ2v) is 6.62. The number of aryl methyl sites for hydroxylation is 2. The van der Waals surface area contributed by atoms with Gasteiger partial charge in [0.2, 0.25) is 5.95 Å². The van der Waals surface area contributed by atoms with E-state index in [0.29, 0.717) is 30.4 Å². The lowest BCUT2D eigenvalue weighted by Crippen LogP contribution is -2.29. The summed E-state index contributed by atoms with van der Waals surface area (Å²) in [6.45, 7) is 4.92. The highest BCUT2D eigenvalue weighted by Crippen LogP contribution is 2.17. The van der Waals surface area contributed by atoms with Crippen molar-refractivity contribution in [2.24, 2.45) is 0 Å². The molecule has 0 bridgehead atoms. The predicted octanol–water partition coefficient (Wildman–Crippen LogP) is 3.69. The molecule has 3 rings (SSSR count). The SMILES string of the molecule is COc1ccc(C(=O)NCCNc2nc(C)cc(Nc3ccc(C)cc3)n2)cc1. The summed E-state index contributed by atoms with van der Waals surface area (Å²) in [7, 11) is 1.59. The number of ether oxygens (including phenoxy) is 1. The maximum absolute atomic E-state index is 12.2. The first kappa shape index (κ1) is 20.1.